The maximum absolute atomic E-state index is 13.6. The molecule has 1 aliphatic heterocycles. The number of carbonyl (C=O) groups excluding carboxylic acids is 1. The fraction of sp³-hybridized carbons (Fsp3) is 0.708. The van der Waals surface area contributed by atoms with E-state index in [-0.39, 0.29) is 38.7 Å². The maximum atomic E-state index is 13.6. The molecule has 0 saturated heterocycles. The van der Waals surface area contributed by atoms with E-state index in [9.17, 15) is 13.2 Å². The van der Waals surface area contributed by atoms with Crippen molar-refractivity contribution in [1.82, 2.24) is 5.32 Å². The van der Waals surface area contributed by atoms with Crippen LogP contribution in [-0.2, 0) is 15.3 Å². The van der Waals surface area contributed by atoms with Gasteiger partial charge in [-0.2, -0.15) is 0 Å². The van der Waals surface area contributed by atoms with Crippen LogP contribution in [0.15, 0.2) is 17.0 Å². The lowest BCUT2D eigenvalue weighted by Gasteiger charge is -2.63. The molecule has 0 bridgehead atoms. The van der Waals surface area contributed by atoms with Gasteiger partial charge in [0, 0.05) is 23.6 Å². The fourth-order valence-electron chi connectivity index (χ4n) is 7.47. The fourth-order valence-corrected chi connectivity index (χ4v) is 9.79. The van der Waals surface area contributed by atoms with Crippen molar-refractivity contribution >= 4 is 15.7 Å². The summed E-state index contributed by atoms with van der Waals surface area (Å²) in [7, 11) is -0.415. The zero-order valence-electron chi connectivity index (χ0n) is 19.1. The predicted molar refractivity (Wildman–Crippen MR) is 118 cm³/mol. The molecule has 1 heterocycles. The van der Waals surface area contributed by atoms with Crippen molar-refractivity contribution < 1.29 is 17.9 Å². The van der Waals surface area contributed by atoms with E-state index in [0.29, 0.717) is 17.2 Å². The highest BCUT2D eigenvalue weighted by Crippen LogP contribution is 2.67. The van der Waals surface area contributed by atoms with Crippen molar-refractivity contribution in [1.29, 1.82) is 0 Å². The van der Waals surface area contributed by atoms with E-state index in [0.717, 1.165) is 31.2 Å². The summed E-state index contributed by atoms with van der Waals surface area (Å²) in [5, 5.41) is 2.60. The number of rotatable bonds is 2. The van der Waals surface area contributed by atoms with Crippen LogP contribution in [0.4, 0.5) is 0 Å². The highest BCUT2D eigenvalue weighted by atomic mass is 32.2. The minimum atomic E-state index is -3.53. The summed E-state index contributed by atoms with van der Waals surface area (Å²) in [5.41, 5.74) is 1.04. The highest BCUT2D eigenvalue weighted by Gasteiger charge is 2.62. The number of amides is 1. The molecule has 4 atom stereocenters. The number of nitrogens with one attached hydrogen (secondary N) is 1. The Morgan fingerprint density at radius 3 is 2.43 bits per heavy atom. The van der Waals surface area contributed by atoms with Crippen molar-refractivity contribution in [2.24, 2.45) is 22.7 Å². The van der Waals surface area contributed by atoms with Crippen LogP contribution in [0.5, 0.6) is 5.75 Å². The van der Waals surface area contributed by atoms with Crippen LogP contribution >= 0.6 is 0 Å². The Morgan fingerprint density at radius 1 is 1.10 bits per heavy atom. The molecule has 1 N–H and O–H groups in total. The number of hydrogen-bond donors (Lipinski definition) is 1. The lowest BCUT2D eigenvalue weighted by molar-refractivity contribution is -0.0984. The first-order valence-electron chi connectivity index (χ1n) is 11.1. The number of hydrogen-bond acceptors (Lipinski definition) is 4. The van der Waals surface area contributed by atoms with Crippen molar-refractivity contribution in [3.05, 3.63) is 23.3 Å². The van der Waals surface area contributed by atoms with E-state index < -0.39 is 9.84 Å². The summed E-state index contributed by atoms with van der Waals surface area (Å²) >= 11 is 0. The van der Waals surface area contributed by atoms with Gasteiger partial charge in [-0.1, -0.05) is 34.1 Å². The van der Waals surface area contributed by atoms with Gasteiger partial charge in [0.2, 0.25) is 0 Å². The molecule has 5 nitrogen and oxygen atoms in total. The maximum Gasteiger partial charge on any atom is 0.251 e. The molecule has 0 spiro atoms. The summed E-state index contributed by atoms with van der Waals surface area (Å²) in [6.07, 6.45) is 5.46. The molecule has 2 aliphatic carbocycles. The van der Waals surface area contributed by atoms with Gasteiger partial charge in [0.1, 0.15) is 5.75 Å². The van der Waals surface area contributed by atoms with E-state index in [1.165, 1.54) is 6.42 Å². The van der Waals surface area contributed by atoms with Gasteiger partial charge in [0.25, 0.3) is 5.91 Å². The second-order valence-corrected chi connectivity index (χ2v) is 12.8. The molecule has 0 radical (unpaired) electrons. The first-order valence-corrected chi connectivity index (χ1v) is 12.7. The topological polar surface area (TPSA) is 72.5 Å². The lowest BCUT2D eigenvalue weighted by atomic mass is 9.43. The molecule has 166 valence electrons. The van der Waals surface area contributed by atoms with Gasteiger partial charge in [-0.3, -0.25) is 4.79 Å². The second kappa shape index (κ2) is 6.72. The van der Waals surface area contributed by atoms with Crippen molar-refractivity contribution in [3.8, 4) is 5.75 Å². The minimum Gasteiger partial charge on any atom is -0.496 e. The largest absolute Gasteiger partial charge is 0.496 e. The quantitative estimate of drug-likeness (QED) is 0.753. The standard InChI is InChI=1S/C24H35NO4S/c1-22(2)9-7-10-23(3)18(22)8-11-24(4)19(23)14-30(27,28)17-13-15(21(26)25-5)12-16(29-6)20(17)24/h12-13,18-19H,7-11,14H2,1-6H3,(H,25,26)/t18-,19+,23-,24+/m0/s1. The molecule has 0 aromatic heterocycles. The summed E-state index contributed by atoms with van der Waals surface area (Å²) < 4.78 is 32.9. The molecule has 2 saturated carbocycles. The summed E-state index contributed by atoms with van der Waals surface area (Å²) in [6.45, 7) is 9.29. The van der Waals surface area contributed by atoms with Gasteiger partial charge in [-0.05, 0) is 60.5 Å². The van der Waals surface area contributed by atoms with Gasteiger partial charge in [-0.15, -0.1) is 0 Å². The van der Waals surface area contributed by atoms with Gasteiger partial charge in [0.05, 0.1) is 17.8 Å². The van der Waals surface area contributed by atoms with Crippen LogP contribution in [0.25, 0.3) is 0 Å². The zero-order valence-corrected chi connectivity index (χ0v) is 19.9. The first-order chi connectivity index (χ1) is 13.9. The average molecular weight is 434 g/mol. The minimum absolute atomic E-state index is 0.0238. The van der Waals surface area contributed by atoms with Crippen molar-refractivity contribution in [3.63, 3.8) is 0 Å². The van der Waals surface area contributed by atoms with Crippen LogP contribution in [0.3, 0.4) is 0 Å². The number of methoxy groups -OCH3 is 1. The monoisotopic (exact) mass is 433 g/mol. The normalized spacial score (nSPS) is 36.1. The molecule has 1 aromatic carbocycles. The number of sulfone groups is 1. The van der Waals surface area contributed by atoms with Gasteiger partial charge in [0.15, 0.2) is 9.84 Å². The Hall–Kier alpha value is -1.56. The second-order valence-electron chi connectivity index (χ2n) is 10.8. The first kappa shape index (κ1) is 21.7. The van der Waals surface area contributed by atoms with Crippen LogP contribution in [-0.4, -0.2) is 34.2 Å². The number of carbonyl (C=O) groups is 1. The summed E-state index contributed by atoms with van der Waals surface area (Å²) in [5.74, 6) is 0.937. The van der Waals surface area contributed by atoms with Gasteiger partial charge >= 0.3 is 0 Å². The number of ether oxygens (including phenoxy) is 1. The molecule has 4 rings (SSSR count). The van der Waals surface area contributed by atoms with Gasteiger partial charge < -0.3 is 10.1 Å². The van der Waals surface area contributed by atoms with E-state index in [4.69, 9.17) is 4.74 Å². The average Bonchev–Trinajstić information content (AvgIpc) is 2.67. The smallest absolute Gasteiger partial charge is 0.251 e. The van der Waals surface area contributed by atoms with Crippen LogP contribution in [0.2, 0.25) is 0 Å². The van der Waals surface area contributed by atoms with Crippen LogP contribution < -0.4 is 10.1 Å². The Morgan fingerprint density at radius 2 is 1.80 bits per heavy atom. The van der Waals surface area contributed by atoms with E-state index >= 15 is 0 Å². The molecule has 1 amide bonds. The Balaban J connectivity index is 1.95. The number of fused-ring (bicyclic) bond motifs is 5. The summed E-state index contributed by atoms with van der Waals surface area (Å²) in [6, 6.07) is 3.27. The molecule has 0 unspecified atom stereocenters. The van der Waals surface area contributed by atoms with Crippen molar-refractivity contribution in [2.45, 2.75) is 70.1 Å². The van der Waals surface area contributed by atoms with E-state index in [1.54, 1.807) is 26.3 Å². The highest BCUT2D eigenvalue weighted by molar-refractivity contribution is 7.91. The molecule has 2 fully saturated rings. The zero-order chi connectivity index (χ0) is 22.1. The van der Waals surface area contributed by atoms with Gasteiger partial charge in [-0.25, -0.2) is 8.42 Å². The van der Waals surface area contributed by atoms with E-state index in [2.05, 4.69) is 33.0 Å². The molecule has 1 aromatic rings. The van der Waals surface area contributed by atoms with Crippen LogP contribution in [0.1, 0.15) is 75.7 Å². The molecule has 6 heteroatoms. The van der Waals surface area contributed by atoms with Crippen LogP contribution in [0, 0.1) is 22.7 Å². The predicted octanol–water partition coefficient (Wildman–Crippen LogP) is 4.34. The molecular formula is C24H35NO4S. The van der Waals surface area contributed by atoms with E-state index in [1.807, 2.05) is 0 Å². The third-order valence-corrected chi connectivity index (χ3v) is 10.6. The Bertz CT molecular complexity index is 999. The lowest BCUT2D eigenvalue weighted by Crippen LogP contribution is -2.60. The molecular weight excluding hydrogens is 398 g/mol. The Labute approximate surface area is 180 Å². The molecule has 3 aliphatic rings. The third-order valence-electron chi connectivity index (χ3n) is 8.86. The number of benzene rings is 1. The third kappa shape index (κ3) is 2.85. The SMILES string of the molecule is CNC(=O)c1cc(OC)c2c(c1)S(=O)(=O)C[C@@H]1[C@@]3(C)CCCC(C)(C)[C@@H]3CC[C@@]21C. The summed E-state index contributed by atoms with van der Waals surface area (Å²) in [4.78, 5) is 12.6. The molecule has 30 heavy (non-hydrogen) atoms. The van der Waals surface area contributed by atoms with Crippen molar-refractivity contribution in [2.75, 3.05) is 19.9 Å². The Kier molecular flexibility index (Phi) is 4.85.